The number of benzene rings is 1. The highest BCUT2D eigenvalue weighted by Gasteiger charge is 2.25. The Balaban J connectivity index is 2.13. The molecule has 1 amide bonds. The normalized spacial score (nSPS) is 11.2. The number of methoxy groups -OCH3 is 1. The first-order chi connectivity index (χ1) is 13.1. The van der Waals surface area contributed by atoms with Gasteiger partial charge in [-0.25, -0.2) is 0 Å². The van der Waals surface area contributed by atoms with E-state index >= 15 is 0 Å². The number of terminal acetylenes is 1. The van der Waals surface area contributed by atoms with Crippen LogP contribution in [0.1, 0.15) is 26.7 Å². The van der Waals surface area contributed by atoms with E-state index in [2.05, 4.69) is 21.4 Å². The number of carbonyl (C=O) groups is 1. The van der Waals surface area contributed by atoms with E-state index in [1.54, 1.807) is 7.11 Å². The minimum atomic E-state index is -0.587. The number of carbonyl (C=O) groups excluding carboxylic acids is 1. The van der Waals surface area contributed by atoms with Gasteiger partial charge in [-0.15, -0.1) is 16.6 Å². The van der Waals surface area contributed by atoms with Crippen molar-refractivity contribution in [1.82, 2.24) is 20.1 Å². The van der Waals surface area contributed by atoms with Crippen molar-refractivity contribution in [2.75, 3.05) is 19.5 Å². The van der Waals surface area contributed by atoms with Crippen molar-refractivity contribution in [3.63, 3.8) is 0 Å². The van der Waals surface area contributed by atoms with Crippen molar-refractivity contribution >= 4 is 17.7 Å². The fourth-order valence-electron chi connectivity index (χ4n) is 2.68. The molecule has 27 heavy (non-hydrogen) atoms. The van der Waals surface area contributed by atoms with Gasteiger partial charge in [-0.2, -0.15) is 0 Å². The second-order valence-corrected chi connectivity index (χ2v) is 7.03. The highest BCUT2D eigenvalue weighted by atomic mass is 32.2. The number of nitrogens with zero attached hydrogens (tertiary/aromatic N) is 3. The summed E-state index contributed by atoms with van der Waals surface area (Å²) in [6, 6.07) is 9.84. The number of nitrogens with one attached hydrogen (secondary N) is 1. The van der Waals surface area contributed by atoms with Crippen molar-refractivity contribution in [2.45, 2.75) is 43.9 Å². The summed E-state index contributed by atoms with van der Waals surface area (Å²) in [5, 5.41) is 12.2. The first-order valence-corrected chi connectivity index (χ1v) is 9.96. The van der Waals surface area contributed by atoms with Gasteiger partial charge >= 0.3 is 0 Å². The summed E-state index contributed by atoms with van der Waals surface area (Å²) < 4.78 is 7.19. The van der Waals surface area contributed by atoms with Crippen molar-refractivity contribution in [2.24, 2.45) is 0 Å². The maximum Gasteiger partial charge on any atom is 0.231 e. The lowest BCUT2D eigenvalue weighted by atomic mass is 9.94. The number of ether oxygens (including phenoxy) is 1. The summed E-state index contributed by atoms with van der Waals surface area (Å²) in [5.74, 6) is 3.60. The van der Waals surface area contributed by atoms with E-state index in [1.807, 2.05) is 48.7 Å². The SMILES string of the molecule is C#CC(CC)(CC)NC(=O)CSc1nnc(-c2ccccc2)n1CCOC. The molecule has 0 aliphatic rings. The molecule has 0 saturated heterocycles. The summed E-state index contributed by atoms with van der Waals surface area (Å²) in [6.45, 7) is 5.09. The fraction of sp³-hybridized carbons (Fsp3) is 0.450. The quantitative estimate of drug-likeness (QED) is 0.502. The van der Waals surface area contributed by atoms with E-state index in [1.165, 1.54) is 11.8 Å². The molecular formula is C20H26N4O2S. The van der Waals surface area contributed by atoms with Gasteiger partial charge in [0.2, 0.25) is 5.91 Å². The molecule has 2 aromatic rings. The van der Waals surface area contributed by atoms with Crippen LogP contribution < -0.4 is 5.32 Å². The van der Waals surface area contributed by atoms with Gasteiger partial charge in [0, 0.05) is 12.7 Å². The lowest BCUT2D eigenvalue weighted by Gasteiger charge is -2.26. The number of thioether (sulfide) groups is 1. The standard InChI is InChI=1S/C20H26N4O2S/c1-5-20(6-2,7-3)21-17(25)15-27-19-23-22-18(24(19)13-14-26-4)16-11-9-8-10-12-16/h1,8-12H,6-7,13-15H2,2-4H3,(H,21,25). The van der Waals surface area contributed by atoms with Gasteiger partial charge in [0.15, 0.2) is 11.0 Å². The Hall–Kier alpha value is -2.30. The topological polar surface area (TPSA) is 69.0 Å². The molecule has 0 aliphatic heterocycles. The van der Waals surface area contributed by atoms with E-state index in [0.717, 1.165) is 11.4 Å². The maximum absolute atomic E-state index is 12.4. The summed E-state index contributed by atoms with van der Waals surface area (Å²) in [6.07, 6.45) is 7.01. The van der Waals surface area contributed by atoms with Gasteiger partial charge in [0.1, 0.15) is 5.54 Å². The van der Waals surface area contributed by atoms with E-state index in [0.29, 0.717) is 31.1 Å². The fourth-order valence-corrected chi connectivity index (χ4v) is 3.44. The zero-order chi connectivity index (χ0) is 19.7. The summed E-state index contributed by atoms with van der Waals surface area (Å²) >= 11 is 1.35. The number of amides is 1. The van der Waals surface area contributed by atoms with Crippen LogP contribution >= 0.6 is 11.8 Å². The lowest BCUT2D eigenvalue weighted by Crippen LogP contribution is -2.47. The highest BCUT2D eigenvalue weighted by Crippen LogP contribution is 2.24. The Morgan fingerprint density at radius 2 is 2.00 bits per heavy atom. The van der Waals surface area contributed by atoms with Crippen molar-refractivity contribution < 1.29 is 9.53 Å². The Morgan fingerprint density at radius 3 is 2.59 bits per heavy atom. The van der Waals surface area contributed by atoms with Crippen LogP contribution in [-0.4, -0.2) is 45.7 Å². The van der Waals surface area contributed by atoms with Gasteiger partial charge in [-0.3, -0.25) is 9.36 Å². The van der Waals surface area contributed by atoms with Crippen LogP contribution in [0.3, 0.4) is 0 Å². The number of aromatic nitrogens is 3. The monoisotopic (exact) mass is 386 g/mol. The van der Waals surface area contributed by atoms with Crippen LogP contribution in [0.2, 0.25) is 0 Å². The summed E-state index contributed by atoms with van der Waals surface area (Å²) in [5.41, 5.74) is 0.386. The minimum Gasteiger partial charge on any atom is -0.383 e. The smallest absolute Gasteiger partial charge is 0.231 e. The molecule has 0 unspecified atom stereocenters. The molecule has 1 aromatic heterocycles. The second kappa shape index (κ2) is 10.1. The maximum atomic E-state index is 12.4. The summed E-state index contributed by atoms with van der Waals surface area (Å²) in [7, 11) is 1.65. The van der Waals surface area contributed by atoms with E-state index < -0.39 is 5.54 Å². The number of hydrogen-bond acceptors (Lipinski definition) is 5. The lowest BCUT2D eigenvalue weighted by molar-refractivity contribution is -0.119. The van der Waals surface area contributed by atoms with Crippen molar-refractivity contribution in [3.05, 3.63) is 30.3 Å². The average Bonchev–Trinajstić information content (AvgIpc) is 3.12. The number of hydrogen-bond donors (Lipinski definition) is 1. The largest absolute Gasteiger partial charge is 0.383 e. The molecule has 0 aliphatic carbocycles. The van der Waals surface area contributed by atoms with Crippen LogP contribution in [0.25, 0.3) is 11.4 Å². The molecule has 1 N–H and O–H groups in total. The third kappa shape index (κ3) is 5.34. The molecule has 0 spiro atoms. The predicted molar refractivity (Wildman–Crippen MR) is 108 cm³/mol. The Morgan fingerprint density at radius 1 is 1.30 bits per heavy atom. The molecule has 1 heterocycles. The van der Waals surface area contributed by atoms with Gasteiger partial charge in [0.25, 0.3) is 0 Å². The molecular weight excluding hydrogens is 360 g/mol. The Bertz CT molecular complexity index is 779. The Kier molecular flexibility index (Phi) is 7.89. The third-order valence-electron chi connectivity index (χ3n) is 4.46. The second-order valence-electron chi connectivity index (χ2n) is 6.09. The first-order valence-electron chi connectivity index (χ1n) is 8.98. The van der Waals surface area contributed by atoms with Gasteiger partial charge in [-0.1, -0.05) is 61.9 Å². The molecule has 0 fully saturated rings. The zero-order valence-electron chi connectivity index (χ0n) is 16.1. The van der Waals surface area contributed by atoms with Crippen LogP contribution in [0, 0.1) is 12.3 Å². The Labute approximate surface area is 165 Å². The predicted octanol–water partition coefficient (Wildman–Crippen LogP) is 2.99. The number of rotatable bonds is 10. The van der Waals surface area contributed by atoms with Crippen molar-refractivity contribution in [1.29, 1.82) is 0 Å². The zero-order valence-corrected chi connectivity index (χ0v) is 16.9. The van der Waals surface area contributed by atoms with Gasteiger partial charge in [-0.05, 0) is 12.8 Å². The third-order valence-corrected chi connectivity index (χ3v) is 5.43. The van der Waals surface area contributed by atoms with Crippen LogP contribution in [0.5, 0.6) is 0 Å². The van der Waals surface area contributed by atoms with Crippen molar-refractivity contribution in [3.8, 4) is 23.7 Å². The van der Waals surface area contributed by atoms with E-state index in [9.17, 15) is 4.79 Å². The van der Waals surface area contributed by atoms with Crippen LogP contribution in [0.4, 0.5) is 0 Å². The molecule has 2 rings (SSSR count). The highest BCUT2D eigenvalue weighted by molar-refractivity contribution is 7.99. The first kappa shape index (κ1) is 21.0. The van der Waals surface area contributed by atoms with E-state index in [-0.39, 0.29) is 11.7 Å². The molecule has 0 radical (unpaired) electrons. The summed E-state index contributed by atoms with van der Waals surface area (Å²) in [4.78, 5) is 12.4. The molecule has 1 aromatic carbocycles. The molecule has 7 heteroatoms. The molecule has 144 valence electrons. The minimum absolute atomic E-state index is 0.107. The van der Waals surface area contributed by atoms with Crippen LogP contribution in [-0.2, 0) is 16.1 Å². The molecule has 6 nitrogen and oxygen atoms in total. The average molecular weight is 387 g/mol. The van der Waals surface area contributed by atoms with Gasteiger partial charge < -0.3 is 10.1 Å². The van der Waals surface area contributed by atoms with Gasteiger partial charge in [0.05, 0.1) is 18.9 Å². The van der Waals surface area contributed by atoms with E-state index in [4.69, 9.17) is 11.2 Å². The molecule has 0 atom stereocenters. The molecule has 0 saturated carbocycles. The van der Waals surface area contributed by atoms with Crippen LogP contribution in [0.15, 0.2) is 35.5 Å². The molecule has 0 bridgehead atoms.